The van der Waals surface area contributed by atoms with Crippen LogP contribution in [0.15, 0.2) is 24.5 Å². The Hall–Kier alpha value is -0.510. The van der Waals surface area contributed by atoms with Crippen molar-refractivity contribution in [2.24, 2.45) is 0 Å². The summed E-state index contributed by atoms with van der Waals surface area (Å²) in [5.74, 6) is -0.436. The normalized spacial score (nSPS) is 15.4. The molecule has 1 aromatic rings. The number of aryl methyl sites for hydroxylation is 1. The van der Waals surface area contributed by atoms with Crippen molar-refractivity contribution in [1.29, 1.82) is 0 Å². The standard InChI is InChI=1S/C12H16N2O5S.Na/c15-12(14-6-8-19-9-7-14)13-4-1-11(2-5-13)3-10-20(16,17)18;/h1-2,4-5H,3,6-10H2;/q;+1. The van der Waals surface area contributed by atoms with Crippen LogP contribution in [0, 0.1) is 0 Å². The molecule has 1 aliphatic rings. The van der Waals surface area contributed by atoms with Crippen molar-refractivity contribution in [2.45, 2.75) is 6.42 Å². The quantitative estimate of drug-likeness (QED) is 0.325. The van der Waals surface area contributed by atoms with E-state index >= 15 is 0 Å². The van der Waals surface area contributed by atoms with Crippen molar-refractivity contribution in [3.05, 3.63) is 30.1 Å². The van der Waals surface area contributed by atoms with Crippen LogP contribution in [0.3, 0.4) is 0 Å². The topological polar surface area (TPSA) is 90.6 Å². The largest absolute Gasteiger partial charge is 1.00 e. The Morgan fingerprint density at radius 1 is 1.29 bits per heavy atom. The van der Waals surface area contributed by atoms with Crippen LogP contribution in [0.1, 0.15) is 5.56 Å². The number of amides is 1. The maximum Gasteiger partial charge on any atom is 1.00 e. The van der Waals surface area contributed by atoms with Gasteiger partial charge in [-0.25, -0.2) is 13.3 Å². The van der Waals surface area contributed by atoms with Gasteiger partial charge in [0.1, 0.15) is 13.1 Å². The number of nitrogens with zero attached hydrogens (tertiary/aromatic N) is 2. The van der Waals surface area contributed by atoms with Gasteiger partial charge in [-0.2, -0.15) is 9.36 Å². The maximum atomic E-state index is 12.1. The molecule has 0 saturated carbocycles. The zero-order chi connectivity index (χ0) is 14.6. The van der Waals surface area contributed by atoms with Crippen LogP contribution in [0.5, 0.6) is 0 Å². The third-order valence-electron chi connectivity index (χ3n) is 3.04. The van der Waals surface area contributed by atoms with Crippen LogP contribution < -0.4 is 34.1 Å². The number of aromatic nitrogens is 1. The van der Waals surface area contributed by atoms with Crippen LogP contribution in [0.4, 0.5) is 4.79 Å². The third kappa shape index (κ3) is 6.01. The summed E-state index contributed by atoms with van der Waals surface area (Å²) in [5, 5.41) is 0. The van der Waals surface area contributed by atoms with E-state index in [2.05, 4.69) is 0 Å². The van der Waals surface area contributed by atoms with Crippen molar-refractivity contribution in [2.75, 3.05) is 32.1 Å². The molecular formula is C12H16N2NaO5S+. The molecule has 0 radical (unpaired) electrons. The van der Waals surface area contributed by atoms with E-state index in [1.807, 2.05) is 0 Å². The predicted octanol–water partition coefficient (Wildman–Crippen LogP) is -3.63. The molecule has 21 heavy (non-hydrogen) atoms. The summed E-state index contributed by atoms with van der Waals surface area (Å²) in [6, 6.07) is 3.14. The first-order valence-electron chi connectivity index (χ1n) is 6.26. The Kier molecular flexibility index (Phi) is 7.25. The molecule has 2 heterocycles. The first-order valence-corrected chi connectivity index (χ1v) is 7.84. The molecular weight excluding hydrogens is 307 g/mol. The molecule has 1 aliphatic heterocycles. The SMILES string of the molecule is O=C(N1CCOCC1)[n+]1ccc(CCS(=O)(=O)[O-])cc1.[Na+]. The fourth-order valence-corrected chi connectivity index (χ4v) is 2.40. The molecule has 0 unspecified atom stereocenters. The second kappa shape index (κ2) is 8.21. The monoisotopic (exact) mass is 323 g/mol. The fraction of sp³-hybridized carbons (Fsp3) is 0.500. The van der Waals surface area contributed by atoms with Crippen molar-refractivity contribution >= 4 is 16.1 Å². The number of rotatable bonds is 3. The van der Waals surface area contributed by atoms with E-state index in [-0.39, 0.29) is 42.0 Å². The molecule has 0 N–H and O–H groups in total. The summed E-state index contributed by atoms with van der Waals surface area (Å²) in [6.45, 7) is 2.18. The molecule has 2 rings (SSSR count). The minimum absolute atomic E-state index is 0. The zero-order valence-corrected chi connectivity index (χ0v) is 14.7. The van der Waals surface area contributed by atoms with Gasteiger partial charge in [0.2, 0.25) is 0 Å². The summed E-state index contributed by atoms with van der Waals surface area (Å²) < 4.78 is 38.3. The molecule has 110 valence electrons. The first kappa shape index (κ1) is 18.5. The van der Waals surface area contributed by atoms with E-state index in [4.69, 9.17) is 4.74 Å². The van der Waals surface area contributed by atoms with E-state index < -0.39 is 15.9 Å². The van der Waals surface area contributed by atoms with E-state index in [9.17, 15) is 17.8 Å². The van der Waals surface area contributed by atoms with Gasteiger partial charge in [-0.3, -0.25) is 0 Å². The van der Waals surface area contributed by atoms with Gasteiger partial charge < -0.3 is 9.29 Å². The molecule has 0 aliphatic carbocycles. The number of carbonyl (C=O) groups is 1. The van der Waals surface area contributed by atoms with Crippen molar-refractivity contribution < 1.29 is 56.6 Å². The zero-order valence-electron chi connectivity index (χ0n) is 11.9. The van der Waals surface area contributed by atoms with Gasteiger partial charge in [-0.1, -0.05) is 0 Å². The number of hydrogen-bond donors (Lipinski definition) is 0. The second-order valence-electron chi connectivity index (χ2n) is 4.51. The smallest absolute Gasteiger partial charge is 0.748 e. The average Bonchev–Trinajstić information content (AvgIpc) is 2.45. The molecule has 1 fully saturated rings. The van der Waals surface area contributed by atoms with Gasteiger partial charge >= 0.3 is 35.6 Å². The molecule has 1 aromatic heterocycles. The van der Waals surface area contributed by atoms with Crippen LogP contribution >= 0.6 is 0 Å². The van der Waals surface area contributed by atoms with Gasteiger partial charge in [-0.15, -0.1) is 0 Å². The van der Waals surface area contributed by atoms with Gasteiger partial charge in [-0.05, 0) is 24.1 Å². The van der Waals surface area contributed by atoms with Crippen LogP contribution in [0.25, 0.3) is 0 Å². The van der Waals surface area contributed by atoms with Gasteiger partial charge in [0, 0.05) is 5.75 Å². The molecule has 0 atom stereocenters. The first-order chi connectivity index (χ1) is 9.46. The molecule has 7 nitrogen and oxygen atoms in total. The molecule has 1 saturated heterocycles. The van der Waals surface area contributed by atoms with Crippen LogP contribution in [-0.4, -0.2) is 56.0 Å². The Bertz CT molecular complexity index is 570. The Morgan fingerprint density at radius 3 is 2.38 bits per heavy atom. The number of hydrogen-bond acceptors (Lipinski definition) is 5. The van der Waals surface area contributed by atoms with Crippen molar-refractivity contribution in [1.82, 2.24) is 4.90 Å². The fourth-order valence-electron chi connectivity index (χ4n) is 1.91. The maximum absolute atomic E-state index is 12.1. The summed E-state index contributed by atoms with van der Waals surface area (Å²) >= 11 is 0. The van der Waals surface area contributed by atoms with Gasteiger partial charge in [0.05, 0.1) is 35.7 Å². The Morgan fingerprint density at radius 2 is 1.86 bits per heavy atom. The van der Waals surface area contributed by atoms with E-state index in [0.717, 1.165) is 0 Å². The number of morpholine rings is 1. The Labute approximate surface area is 145 Å². The third-order valence-corrected chi connectivity index (χ3v) is 3.75. The average molecular weight is 323 g/mol. The van der Waals surface area contributed by atoms with Gasteiger partial charge in [0.25, 0.3) is 0 Å². The minimum Gasteiger partial charge on any atom is -0.748 e. The predicted molar refractivity (Wildman–Crippen MR) is 68.1 cm³/mol. The van der Waals surface area contributed by atoms with Crippen molar-refractivity contribution in [3.8, 4) is 0 Å². The summed E-state index contributed by atoms with van der Waals surface area (Å²) in [4.78, 5) is 13.8. The van der Waals surface area contributed by atoms with E-state index in [1.54, 1.807) is 29.4 Å². The van der Waals surface area contributed by atoms with Gasteiger partial charge in [0.15, 0.2) is 0 Å². The molecule has 0 bridgehead atoms. The van der Waals surface area contributed by atoms with Crippen LogP contribution in [-0.2, 0) is 21.3 Å². The number of carbonyl (C=O) groups excluding carboxylic acids is 1. The van der Waals surface area contributed by atoms with E-state index in [0.29, 0.717) is 31.9 Å². The summed E-state index contributed by atoms with van der Waals surface area (Å²) in [7, 11) is -4.21. The second-order valence-corrected chi connectivity index (χ2v) is 6.03. The summed E-state index contributed by atoms with van der Waals surface area (Å²) in [5.41, 5.74) is 0.704. The Balaban J connectivity index is 0.00000220. The number of ether oxygens (including phenoxy) is 1. The van der Waals surface area contributed by atoms with Crippen molar-refractivity contribution in [3.63, 3.8) is 0 Å². The molecule has 0 spiro atoms. The van der Waals surface area contributed by atoms with E-state index in [1.165, 1.54) is 4.57 Å². The van der Waals surface area contributed by atoms with Crippen LogP contribution in [0.2, 0.25) is 0 Å². The molecule has 0 aromatic carbocycles. The number of pyridine rings is 1. The summed E-state index contributed by atoms with van der Waals surface area (Å²) in [6.07, 6.45) is 3.30. The molecule has 9 heteroatoms. The minimum atomic E-state index is -4.21. The molecule has 1 amide bonds.